The van der Waals surface area contributed by atoms with E-state index in [0.29, 0.717) is 6.04 Å². The molecule has 1 aromatic rings. The van der Waals surface area contributed by atoms with Crippen LogP contribution in [0, 0.1) is 0 Å². The lowest BCUT2D eigenvalue weighted by Gasteiger charge is -2.32. The van der Waals surface area contributed by atoms with Gasteiger partial charge in [-0.25, -0.2) is 9.69 Å². The Kier molecular flexibility index (Phi) is 3.23. The van der Waals surface area contributed by atoms with Gasteiger partial charge in [0.05, 0.1) is 6.67 Å². The molecule has 0 N–H and O–H groups in total. The predicted molar refractivity (Wildman–Crippen MR) is 82.2 cm³/mol. The number of rotatable bonds is 4. The van der Waals surface area contributed by atoms with E-state index in [-0.39, 0.29) is 12.7 Å². The number of amides is 4. The summed E-state index contributed by atoms with van der Waals surface area (Å²) >= 11 is 0. The summed E-state index contributed by atoms with van der Waals surface area (Å²) in [4.78, 5) is 40.1. The minimum absolute atomic E-state index is 0.206. The third-order valence-corrected chi connectivity index (χ3v) is 5.07. The highest BCUT2D eigenvalue weighted by Gasteiger charge is 2.46. The van der Waals surface area contributed by atoms with Crippen molar-refractivity contribution in [2.45, 2.75) is 37.8 Å². The van der Waals surface area contributed by atoms with Crippen molar-refractivity contribution in [1.29, 1.82) is 0 Å². The van der Waals surface area contributed by atoms with Crippen molar-refractivity contribution in [2.24, 2.45) is 0 Å². The zero-order chi connectivity index (χ0) is 16.1. The maximum Gasteiger partial charge on any atom is 0.335 e. The second-order valence-electron chi connectivity index (χ2n) is 6.52. The molecule has 23 heavy (non-hydrogen) atoms. The zero-order valence-corrected chi connectivity index (χ0v) is 13.1. The minimum Gasteiger partial charge on any atom is -0.275 e. The van der Waals surface area contributed by atoms with Crippen molar-refractivity contribution in [2.75, 3.05) is 13.7 Å². The summed E-state index contributed by atoms with van der Waals surface area (Å²) in [5.74, 6) is -1.45. The van der Waals surface area contributed by atoms with Gasteiger partial charge in [0.25, 0.3) is 0 Å². The number of hydrogen-bond donors (Lipinski definition) is 0. The number of imide groups is 2. The number of benzene rings is 1. The Morgan fingerprint density at radius 3 is 2.48 bits per heavy atom. The monoisotopic (exact) mass is 313 g/mol. The summed E-state index contributed by atoms with van der Waals surface area (Å²) in [6, 6.07) is 8.46. The van der Waals surface area contributed by atoms with E-state index in [1.54, 1.807) is 0 Å². The number of urea groups is 1. The van der Waals surface area contributed by atoms with E-state index in [0.717, 1.165) is 35.5 Å². The van der Waals surface area contributed by atoms with Gasteiger partial charge in [0.2, 0.25) is 0 Å². The highest BCUT2D eigenvalue weighted by atomic mass is 16.2. The lowest BCUT2D eigenvalue weighted by molar-refractivity contribution is -0.143. The Bertz CT molecular complexity index is 698. The molecule has 120 valence electrons. The van der Waals surface area contributed by atoms with E-state index in [9.17, 15) is 14.4 Å². The molecule has 0 radical (unpaired) electrons. The Morgan fingerprint density at radius 1 is 1.09 bits per heavy atom. The predicted octanol–water partition coefficient (Wildman–Crippen LogP) is 1.52. The average Bonchev–Trinajstić information content (AvgIpc) is 3.29. The van der Waals surface area contributed by atoms with E-state index in [2.05, 4.69) is 17.0 Å². The van der Waals surface area contributed by atoms with E-state index in [4.69, 9.17) is 0 Å². The first-order valence-electron chi connectivity index (χ1n) is 8.05. The smallest absolute Gasteiger partial charge is 0.275 e. The summed E-state index contributed by atoms with van der Waals surface area (Å²) in [7, 11) is 1.36. The van der Waals surface area contributed by atoms with Gasteiger partial charge in [-0.2, -0.15) is 0 Å². The van der Waals surface area contributed by atoms with Crippen LogP contribution in [0.4, 0.5) is 4.79 Å². The molecule has 4 amide bonds. The van der Waals surface area contributed by atoms with Crippen LogP contribution in [0.2, 0.25) is 0 Å². The lowest BCUT2D eigenvalue weighted by atomic mass is 10.1. The molecule has 1 aliphatic heterocycles. The van der Waals surface area contributed by atoms with E-state index in [1.165, 1.54) is 18.2 Å². The first-order chi connectivity index (χ1) is 11.1. The molecular weight excluding hydrogens is 294 g/mol. The van der Waals surface area contributed by atoms with E-state index < -0.39 is 17.8 Å². The van der Waals surface area contributed by atoms with Gasteiger partial charge in [-0.3, -0.25) is 19.4 Å². The molecule has 1 heterocycles. The number of carbonyl (C=O) groups is 3. The Balaban J connectivity index is 1.60. The van der Waals surface area contributed by atoms with Gasteiger partial charge in [-0.05, 0) is 36.8 Å². The lowest BCUT2D eigenvalue weighted by Crippen LogP contribution is -2.44. The average molecular weight is 313 g/mol. The number of hydrogen-bond acceptors (Lipinski definition) is 4. The quantitative estimate of drug-likeness (QED) is 0.624. The molecule has 1 aromatic carbocycles. The highest BCUT2D eigenvalue weighted by molar-refractivity contribution is 6.44. The summed E-state index contributed by atoms with van der Waals surface area (Å²) < 4.78 is 0. The summed E-state index contributed by atoms with van der Waals surface area (Å²) in [5.41, 5.74) is 2.63. The molecule has 6 heteroatoms. The first kappa shape index (κ1) is 14.4. The molecular formula is C17H19N3O3. The number of likely N-dealkylation sites (N-methyl/N-ethyl adjacent to an activating group) is 1. The molecule has 0 bridgehead atoms. The summed E-state index contributed by atoms with van der Waals surface area (Å²) in [6.45, 7) is 0.206. The molecule has 1 atom stereocenters. The largest absolute Gasteiger partial charge is 0.335 e. The van der Waals surface area contributed by atoms with Crippen molar-refractivity contribution in [3.8, 4) is 0 Å². The molecule has 2 aliphatic carbocycles. The van der Waals surface area contributed by atoms with Crippen LogP contribution >= 0.6 is 0 Å². The molecule has 3 aliphatic rings. The molecule has 0 spiro atoms. The van der Waals surface area contributed by atoms with Crippen LogP contribution in [0.1, 0.15) is 36.4 Å². The van der Waals surface area contributed by atoms with Gasteiger partial charge in [0.1, 0.15) is 0 Å². The van der Waals surface area contributed by atoms with Crippen molar-refractivity contribution < 1.29 is 14.4 Å². The maximum absolute atomic E-state index is 12.1. The number of carbonyl (C=O) groups excluding carboxylic acids is 3. The fourth-order valence-corrected chi connectivity index (χ4v) is 3.66. The fourth-order valence-electron chi connectivity index (χ4n) is 3.66. The van der Waals surface area contributed by atoms with Crippen LogP contribution in [-0.4, -0.2) is 52.3 Å². The minimum atomic E-state index is -0.738. The zero-order valence-electron chi connectivity index (χ0n) is 13.1. The normalized spacial score (nSPS) is 24.1. The van der Waals surface area contributed by atoms with Crippen molar-refractivity contribution in [3.63, 3.8) is 0 Å². The van der Waals surface area contributed by atoms with E-state index in [1.807, 2.05) is 12.1 Å². The molecule has 4 rings (SSSR count). The van der Waals surface area contributed by atoms with Gasteiger partial charge < -0.3 is 0 Å². The SMILES string of the molecule is CN1C(=O)C(=O)N(CN(C2CC2)[C@@H]2CCc3ccccc32)C1=O. The van der Waals surface area contributed by atoms with Crippen LogP contribution in [0.25, 0.3) is 0 Å². The second-order valence-corrected chi connectivity index (χ2v) is 6.52. The Hall–Kier alpha value is -2.21. The van der Waals surface area contributed by atoms with Gasteiger partial charge in [-0.15, -0.1) is 0 Å². The number of nitrogens with zero attached hydrogens (tertiary/aromatic N) is 3. The topological polar surface area (TPSA) is 60.9 Å². The molecule has 1 saturated heterocycles. The number of aryl methyl sites for hydroxylation is 1. The van der Waals surface area contributed by atoms with Crippen LogP contribution in [0.3, 0.4) is 0 Å². The van der Waals surface area contributed by atoms with Crippen molar-refractivity contribution in [3.05, 3.63) is 35.4 Å². The fraction of sp³-hybridized carbons (Fsp3) is 0.471. The van der Waals surface area contributed by atoms with Crippen molar-refractivity contribution >= 4 is 17.8 Å². The van der Waals surface area contributed by atoms with Gasteiger partial charge in [0.15, 0.2) is 0 Å². The second kappa shape index (κ2) is 5.16. The van der Waals surface area contributed by atoms with Gasteiger partial charge in [0, 0.05) is 19.1 Å². The molecule has 1 saturated carbocycles. The van der Waals surface area contributed by atoms with Crippen LogP contribution < -0.4 is 0 Å². The molecule has 0 aromatic heterocycles. The Labute approximate surface area is 134 Å². The van der Waals surface area contributed by atoms with E-state index >= 15 is 0 Å². The Morgan fingerprint density at radius 2 is 1.83 bits per heavy atom. The molecule has 2 fully saturated rings. The third kappa shape index (κ3) is 2.25. The highest BCUT2D eigenvalue weighted by Crippen LogP contribution is 2.41. The summed E-state index contributed by atoms with van der Waals surface area (Å²) in [6.07, 6.45) is 4.18. The van der Waals surface area contributed by atoms with Crippen LogP contribution in [0.5, 0.6) is 0 Å². The van der Waals surface area contributed by atoms with Crippen LogP contribution in [0.15, 0.2) is 24.3 Å². The van der Waals surface area contributed by atoms with Gasteiger partial charge >= 0.3 is 17.8 Å². The summed E-state index contributed by atoms with van der Waals surface area (Å²) in [5, 5.41) is 0. The third-order valence-electron chi connectivity index (χ3n) is 5.07. The van der Waals surface area contributed by atoms with Crippen molar-refractivity contribution in [1.82, 2.24) is 14.7 Å². The molecule has 6 nitrogen and oxygen atoms in total. The number of fused-ring (bicyclic) bond motifs is 1. The van der Waals surface area contributed by atoms with Crippen LogP contribution in [-0.2, 0) is 16.0 Å². The maximum atomic E-state index is 12.1. The molecule has 0 unspecified atom stereocenters. The standard InChI is InChI=1S/C17H19N3O3/c1-18-15(21)16(22)20(17(18)23)10-19(12-7-8-12)14-9-6-11-4-2-3-5-13(11)14/h2-5,12,14H,6-10H2,1H3/t14-/m1/s1. The van der Waals surface area contributed by atoms with Gasteiger partial charge in [-0.1, -0.05) is 24.3 Å². The first-order valence-corrected chi connectivity index (χ1v) is 8.05.